The lowest BCUT2D eigenvalue weighted by molar-refractivity contribution is -0.114. The Morgan fingerprint density at radius 3 is 2.47 bits per heavy atom. The molecule has 0 fully saturated rings. The third-order valence-electron chi connectivity index (χ3n) is 5.79. The second-order valence-electron chi connectivity index (χ2n) is 8.88. The topological polar surface area (TPSA) is 100 Å². The number of halogens is 2. The van der Waals surface area contributed by atoms with Gasteiger partial charge in [-0.05, 0) is 60.0 Å². The summed E-state index contributed by atoms with van der Waals surface area (Å²) in [5.74, 6) is -0.952. The molecule has 2 heterocycles. The first-order chi connectivity index (χ1) is 20.8. The molecule has 216 valence electrons. The van der Waals surface area contributed by atoms with Gasteiger partial charge in [-0.25, -0.2) is 4.98 Å². The normalized spacial score (nSPS) is 11.2. The summed E-state index contributed by atoms with van der Waals surface area (Å²) in [5, 5.41) is 13.5. The van der Waals surface area contributed by atoms with Crippen LogP contribution < -0.4 is 16.0 Å². The van der Waals surface area contributed by atoms with Crippen molar-refractivity contribution < 1.29 is 14.4 Å². The Kier molecular flexibility index (Phi) is 10.3. The Hall–Kier alpha value is -3.93. The second kappa shape index (κ2) is 14.5. The predicted molar refractivity (Wildman–Crippen MR) is 178 cm³/mol. The number of amides is 3. The lowest BCUT2D eigenvalue weighted by Gasteiger charge is -2.12. The minimum atomic E-state index is -0.473. The van der Waals surface area contributed by atoms with E-state index in [9.17, 15) is 14.4 Å². The van der Waals surface area contributed by atoms with Crippen molar-refractivity contribution in [2.24, 2.45) is 0 Å². The minimum absolute atomic E-state index is 0.109. The van der Waals surface area contributed by atoms with E-state index in [1.54, 1.807) is 60.7 Å². The molecule has 0 radical (unpaired) electrons. The quantitative estimate of drug-likeness (QED) is 0.103. The van der Waals surface area contributed by atoms with Gasteiger partial charge in [-0.2, -0.15) is 0 Å². The number of nitrogens with zero attached hydrogens (tertiary/aromatic N) is 1. The monoisotopic (exact) mass is 664 g/mol. The number of thiophene rings is 1. The van der Waals surface area contributed by atoms with Crippen LogP contribution in [0, 0.1) is 0 Å². The summed E-state index contributed by atoms with van der Waals surface area (Å²) < 4.78 is 0. The Morgan fingerprint density at radius 1 is 0.860 bits per heavy atom. The number of aromatic nitrogens is 1. The maximum absolute atomic E-state index is 13.2. The van der Waals surface area contributed by atoms with Gasteiger partial charge < -0.3 is 16.0 Å². The van der Waals surface area contributed by atoms with Crippen molar-refractivity contribution in [2.75, 3.05) is 16.4 Å². The first kappa shape index (κ1) is 30.5. The number of benzene rings is 3. The van der Waals surface area contributed by atoms with Crippen molar-refractivity contribution in [3.05, 3.63) is 122 Å². The standard InChI is InChI=1S/C31H22Cl2N4O3S3/c32-24-12-11-20(14-25(24)33)27-17-43-31(36-27)37-28(38)18-42-22-9-4-8-21(15-22)34-30(40)26(16-23-10-5-13-41-23)35-29(39)19-6-2-1-3-7-19/h1-17H,18H2,(H,34,40)(H,35,39)(H,36,37,38)/b26-16-. The number of hydrogen-bond acceptors (Lipinski definition) is 7. The number of carbonyl (C=O) groups excluding carboxylic acids is 3. The smallest absolute Gasteiger partial charge is 0.272 e. The highest BCUT2D eigenvalue weighted by molar-refractivity contribution is 8.00. The van der Waals surface area contributed by atoms with E-state index < -0.39 is 11.8 Å². The predicted octanol–water partition coefficient (Wildman–Crippen LogP) is 8.32. The van der Waals surface area contributed by atoms with Gasteiger partial charge >= 0.3 is 0 Å². The van der Waals surface area contributed by atoms with Gasteiger partial charge in [0.05, 0.1) is 21.5 Å². The fraction of sp³-hybridized carbons (Fsp3) is 0.0323. The van der Waals surface area contributed by atoms with Crippen LogP contribution in [0.4, 0.5) is 10.8 Å². The summed E-state index contributed by atoms with van der Waals surface area (Å²) in [5.41, 5.74) is 2.55. The van der Waals surface area contributed by atoms with E-state index in [1.807, 2.05) is 41.1 Å². The van der Waals surface area contributed by atoms with Crippen LogP contribution in [0.25, 0.3) is 17.3 Å². The SMILES string of the molecule is O=C(CSc1cccc(NC(=O)/C(=C/c2cccs2)NC(=O)c2ccccc2)c1)Nc1nc(-c2ccc(Cl)c(Cl)c2)cs1. The Morgan fingerprint density at radius 2 is 1.70 bits per heavy atom. The zero-order valence-electron chi connectivity index (χ0n) is 22.2. The zero-order valence-corrected chi connectivity index (χ0v) is 26.1. The van der Waals surface area contributed by atoms with Crippen molar-refractivity contribution >= 4 is 92.3 Å². The van der Waals surface area contributed by atoms with E-state index in [1.165, 1.54) is 34.4 Å². The molecule has 5 rings (SSSR count). The number of thiazole rings is 1. The third-order valence-corrected chi connectivity index (χ3v) is 9.10. The van der Waals surface area contributed by atoms with Crippen LogP contribution in [0.15, 0.2) is 106 Å². The highest BCUT2D eigenvalue weighted by atomic mass is 35.5. The maximum atomic E-state index is 13.2. The largest absolute Gasteiger partial charge is 0.321 e. The minimum Gasteiger partial charge on any atom is -0.321 e. The van der Waals surface area contributed by atoms with E-state index in [0.717, 1.165) is 15.3 Å². The number of anilines is 2. The fourth-order valence-electron chi connectivity index (χ4n) is 3.74. The van der Waals surface area contributed by atoms with Gasteiger partial charge in [0.25, 0.3) is 11.8 Å². The molecule has 0 spiro atoms. The molecule has 3 amide bonds. The summed E-state index contributed by atoms with van der Waals surface area (Å²) in [4.78, 5) is 44.7. The molecule has 43 heavy (non-hydrogen) atoms. The van der Waals surface area contributed by atoms with Crippen LogP contribution in [-0.2, 0) is 9.59 Å². The van der Waals surface area contributed by atoms with Crippen molar-refractivity contribution in [1.82, 2.24) is 10.3 Å². The molecule has 5 aromatic rings. The van der Waals surface area contributed by atoms with Crippen LogP contribution in [0.3, 0.4) is 0 Å². The molecule has 0 atom stereocenters. The lowest BCUT2D eigenvalue weighted by Crippen LogP contribution is -2.30. The van der Waals surface area contributed by atoms with Crippen molar-refractivity contribution in [1.29, 1.82) is 0 Å². The van der Waals surface area contributed by atoms with Crippen molar-refractivity contribution in [3.8, 4) is 11.3 Å². The van der Waals surface area contributed by atoms with Gasteiger partial charge in [-0.15, -0.1) is 34.4 Å². The lowest BCUT2D eigenvalue weighted by atomic mass is 10.2. The summed E-state index contributed by atoms with van der Waals surface area (Å²) in [6, 6.07) is 24.8. The third kappa shape index (κ3) is 8.56. The molecule has 7 nitrogen and oxygen atoms in total. The highest BCUT2D eigenvalue weighted by Crippen LogP contribution is 2.31. The van der Waals surface area contributed by atoms with Crippen LogP contribution in [0.2, 0.25) is 10.0 Å². The van der Waals surface area contributed by atoms with Crippen LogP contribution in [0.1, 0.15) is 15.2 Å². The average molecular weight is 666 g/mol. The fourth-order valence-corrected chi connectivity index (χ4v) is 6.19. The Balaban J connectivity index is 1.19. The van der Waals surface area contributed by atoms with E-state index in [4.69, 9.17) is 23.2 Å². The molecule has 0 saturated heterocycles. The summed E-state index contributed by atoms with van der Waals surface area (Å²) >= 11 is 16.2. The van der Waals surface area contributed by atoms with Gasteiger partial charge in [0.1, 0.15) is 5.70 Å². The van der Waals surface area contributed by atoms with Crippen LogP contribution in [-0.4, -0.2) is 28.5 Å². The van der Waals surface area contributed by atoms with Gasteiger partial charge in [0.15, 0.2) is 5.13 Å². The van der Waals surface area contributed by atoms with E-state index >= 15 is 0 Å². The molecular formula is C31H22Cl2N4O3S3. The molecule has 0 unspecified atom stereocenters. The number of hydrogen-bond donors (Lipinski definition) is 3. The molecular weight excluding hydrogens is 643 g/mol. The molecule has 0 saturated carbocycles. The Bertz CT molecular complexity index is 1790. The number of rotatable bonds is 10. The Labute approximate surface area is 270 Å². The van der Waals surface area contributed by atoms with Crippen molar-refractivity contribution in [3.63, 3.8) is 0 Å². The molecule has 0 aliphatic rings. The van der Waals surface area contributed by atoms with Gasteiger partial charge in [0, 0.05) is 32.0 Å². The molecule has 2 aromatic heterocycles. The number of carbonyl (C=O) groups is 3. The van der Waals surface area contributed by atoms with Crippen LogP contribution >= 0.6 is 57.6 Å². The van der Waals surface area contributed by atoms with Gasteiger partial charge in [-0.3, -0.25) is 14.4 Å². The molecule has 12 heteroatoms. The molecule has 3 N–H and O–H groups in total. The van der Waals surface area contributed by atoms with Gasteiger partial charge in [-0.1, -0.05) is 59.6 Å². The zero-order chi connectivity index (χ0) is 30.2. The van der Waals surface area contributed by atoms with E-state index in [2.05, 4.69) is 20.9 Å². The summed E-state index contributed by atoms with van der Waals surface area (Å²) in [6.07, 6.45) is 1.63. The highest BCUT2D eigenvalue weighted by Gasteiger charge is 2.16. The van der Waals surface area contributed by atoms with Crippen molar-refractivity contribution in [2.45, 2.75) is 4.90 Å². The molecule has 3 aromatic carbocycles. The molecule has 0 aliphatic heterocycles. The number of nitrogens with one attached hydrogen (secondary N) is 3. The van der Waals surface area contributed by atoms with Gasteiger partial charge in [0.2, 0.25) is 5.91 Å². The summed E-state index contributed by atoms with van der Waals surface area (Å²) in [7, 11) is 0. The average Bonchev–Trinajstić information content (AvgIpc) is 3.70. The maximum Gasteiger partial charge on any atom is 0.272 e. The number of thioether (sulfide) groups is 1. The first-order valence-electron chi connectivity index (χ1n) is 12.7. The molecule has 0 bridgehead atoms. The first-order valence-corrected chi connectivity index (χ1v) is 16.2. The van der Waals surface area contributed by atoms with E-state index in [-0.39, 0.29) is 17.4 Å². The summed E-state index contributed by atoms with van der Waals surface area (Å²) in [6.45, 7) is 0. The van der Waals surface area contributed by atoms with Crippen LogP contribution in [0.5, 0.6) is 0 Å². The van der Waals surface area contributed by atoms with E-state index in [0.29, 0.717) is 32.1 Å². The second-order valence-corrected chi connectivity index (χ2v) is 12.6. The molecule has 0 aliphatic carbocycles.